The number of amides is 1. The van der Waals surface area contributed by atoms with Crippen LogP contribution in [0.25, 0.3) is 0 Å². The molecule has 0 bridgehead atoms. The van der Waals surface area contributed by atoms with Gasteiger partial charge >= 0.3 is 0 Å². The van der Waals surface area contributed by atoms with Crippen molar-refractivity contribution in [2.75, 3.05) is 20.8 Å². The van der Waals surface area contributed by atoms with E-state index in [1.807, 2.05) is 6.07 Å². The molecule has 27 heavy (non-hydrogen) atoms. The normalized spacial score (nSPS) is 11.6. The minimum absolute atomic E-state index is 0.0568. The lowest BCUT2D eigenvalue weighted by atomic mass is 10.1. The lowest BCUT2D eigenvalue weighted by Crippen LogP contribution is -2.37. The van der Waals surface area contributed by atoms with E-state index in [4.69, 9.17) is 14.2 Å². The molecule has 7 heteroatoms. The zero-order valence-electron chi connectivity index (χ0n) is 15.6. The Kier molecular flexibility index (Phi) is 7.40. The molecule has 0 aliphatic rings. The zero-order chi connectivity index (χ0) is 19.8. The summed E-state index contributed by atoms with van der Waals surface area (Å²) in [4.78, 5) is 12.1. The minimum Gasteiger partial charge on any atom is -0.497 e. The van der Waals surface area contributed by atoms with Crippen LogP contribution in [0.2, 0.25) is 0 Å². The van der Waals surface area contributed by atoms with E-state index >= 15 is 0 Å². The Balaban J connectivity index is 1.83. The van der Waals surface area contributed by atoms with Gasteiger partial charge in [0.15, 0.2) is 11.6 Å². The standard InChI is InChI=1S/C20H23F2NO4/c1-13(12-27-19-7-5-15(21)11-17(19)22)23-20(24)9-4-14-10-16(25-2)6-8-18(14)26-3/h5-8,10-11,13H,4,9,12H2,1-3H3,(H,23,24). The highest BCUT2D eigenvalue weighted by atomic mass is 19.1. The predicted octanol–water partition coefficient (Wildman–Crippen LogP) is 3.50. The molecule has 0 radical (unpaired) electrons. The Labute approximate surface area is 157 Å². The molecule has 0 aliphatic heterocycles. The Morgan fingerprint density at radius 1 is 1.07 bits per heavy atom. The van der Waals surface area contributed by atoms with Gasteiger partial charge in [0.1, 0.15) is 23.9 Å². The Bertz CT molecular complexity index is 783. The third-order valence-corrected chi connectivity index (χ3v) is 3.90. The maximum absolute atomic E-state index is 13.5. The number of nitrogens with one attached hydrogen (secondary N) is 1. The molecule has 0 fully saturated rings. The number of hydrogen-bond acceptors (Lipinski definition) is 4. The second-order valence-electron chi connectivity index (χ2n) is 6.03. The predicted molar refractivity (Wildman–Crippen MR) is 97.3 cm³/mol. The molecule has 1 unspecified atom stereocenters. The number of carbonyl (C=O) groups is 1. The van der Waals surface area contributed by atoms with Crippen LogP contribution in [0.5, 0.6) is 17.2 Å². The van der Waals surface area contributed by atoms with Crippen molar-refractivity contribution in [3.8, 4) is 17.2 Å². The van der Waals surface area contributed by atoms with Crippen LogP contribution in [0.15, 0.2) is 36.4 Å². The lowest BCUT2D eigenvalue weighted by molar-refractivity contribution is -0.121. The fourth-order valence-electron chi connectivity index (χ4n) is 2.52. The number of halogens is 2. The van der Waals surface area contributed by atoms with Crippen LogP contribution in [-0.2, 0) is 11.2 Å². The maximum Gasteiger partial charge on any atom is 0.220 e. The summed E-state index contributed by atoms with van der Waals surface area (Å²) < 4.78 is 42.2. The fourth-order valence-corrected chi connectivity index (χ4v) is 2.52. The van der Waals surface area contributed by atoms with Crippen molar-refractivity contribution in [1.29, 1.82) is 0 Å². The van der Waals surface area contributed by atoms with E-state index < -0.39 is 11.6 Å². The molecule has 5 nitrogen and oxygen atoms in total. The third-order valence-electron chi connectivity index (χ3n) is 3.90. The number of aryl methyl sites for hydroxylation is 1. The van der Waals surface area contributed by atoms with Gasteiger partial charge in [-0.15, -0.1) is 0 Å². The molecule has 0 saturated carbocycles. The number of carbonyl (C=O) groups excluding carboxylic acids is 1. The van der Waals surface area contributed by atoms with Crippen molar-refractivity contribution in [2.45, 2.75) is 25.8 Å². The molecule has 0 spiro atoms. The van der Waals surface area contributed by atoms with Crippen molar-refractivity contribution >= 4 is 5.91 Å². The van der Waals surface area contributed by atoms with E-state index in [0.717, 1.165) is 17.7 Å². The summed E-state index contributed by atoms with van der Waals surface area (Å²) >= 11 is 0. The summed E-state index contributed by atoms with van der Waals surface area (Å²) in [6.45, 7) is 1.81. The van der Waals surface area contributed by atoms with Gasteiger partial charge in [0.25, 0.3) is 0 Å². The molecule has 2 aromatic rings. The number of rotatable bonds is 9. The van der Waals surface area contributed by atoms with Gasteiger partial charge in [-0.1, -0.05) is 0 Å². The van der Waals surface area contributed by atoms with Gasteiger partial charge in [0.05, 0.1) is 20.3 Å². The van der Waals surface area contributed by atoms with Crippen LogP contribution >= 0.6 is 0 Å². The van der Waals surface area contributed by atoms with Crippen molar-refractivity contribution in [2.24, 2.45) is 0 Å². The van der Waals surface area contributed by atoms with E-state index in [-0.39, 0.29) is 30.7 Å². The van der Waals surface area contributed by atoms with E-state index in [1.165, 1.54) is 6.07 Å². The smallest absolute Gasteiger partial charge is 0.220 e. The SMILES string of the molecule is COc1ccc(OC)c(CCC(=O)NC(C)COc2ccc(F)cc2F)c1. The number of hydrogen-bond donors (Lipinski definition) is 1. The average Bonchev–Trinajstić information content (AvgIpc) is 2.65. The summed E-state index contributed by atoms with van der Waals surface area (Å²) in [6.07, 6.45) is 0.727. The molecule has 146 valence electrons. The van der Waals surface area contributed by atoms with E-state index in [1.54, 1.807) is 33.3 Å². The lowest BCUT2D eigenvalue weighted by Gasteiger charge is -2.16. The highest BCUT2D eigenvalue weighted by Gasteiger charge is 2.12. The van der Waals surface area contributed by atoms with Crippen LogP contribution < -0.4 is 19.5 Å². The molecule has 1 amide bonds. The topological polar surface area (TPSA) is 56.8 Å². The van der Waals surface area contributed by atoms with Gasteiger partial charge < -0.3 is 19.5 Å². The van der Waals surface area contributed by atoms with Crippen molar-refractivity contribution in [1.82, 2.24) is 5.32 Å². The molecule has 1 N–H and O–H groups in total. The highest BCUT2D eigenvalue weighted by molar-refractivity contribution is 5.76. The molecule has 0 aliphatic carbocycles. The first-order valence-corrected chi connectivity index (χ1v) is 8.51. The van der Waals surface area contributed by atoms with E-state index in [2.05, 4.69) is 5.32 Å². The summed E-state index contributed by atoms with van der Waals surface area (Å²) in [6, 6.07) is 8.15. The largest absolute Gasteiger partial charge is 0.497 e. The van der Waals surface area contributed by atoms with Crippen LogP contribution in [0.4, 0.5) is 8.78 Å². The van der Waals surface area contributed by atoms with Gasteiger partial charge in [0, 0.05) is 12.5 Å². The van der Waals surface area contributed by atoms with Gasteiger partial charge in [-0.25, -0.2) is 8.78 Å². The molecule has 0 aromatic heterocycles. The Morgan fingerprint density at radius 2 is 1.81 bits per heavy atom. The minimum atomic E-state index is -0.779. The quantitative estimate of drug-likeness (QED) is 0.725. The molecule has 2 aromatic carbocycles. The summed E-state index contributed by atoms with van der Waals surface area (Å²) in [5.74, 6) is -0.303. The van der Waals surface area contributed by atoms with Crippen LogP contribution in [0, 0.1) is 11.6 Å². The first-order chi connectivity index (χ1) is 12.9. The zero-order valence-corrected chi connectivity index (χ0v) is 15.6. The first kappa shape index (κ1) is 20.5. The van der Waals surface area contributed by atoms with Gasteiger partial charge in [-0.05, 0) is 49.2 Å². The third kappa shape index (κ3) is 6.13. The van der Waals surface area contributed by atoms with Crippen LogP contribution in [-0.4, -0.2) is 32.8 Å². The Morgan fingerprint density at radius 3 is 2.48 bits per heavy atom. The Hall–Kier alpha value is -2.83. The average molecular weight is 379 g/mol. The summed E-state index contributed by atoms with van der Waals surface area (Å²) in [7, 11) is 3.14. The van der Waals surface area contributed by atoms with Gasteiger partial charge in [-0.3, -0.25) is 4.79 Å². The van der Waals surface area contributed by atoms with E-state index in [0.29, 0.717) is 17.9 Å². The fraction of sp³-hybridized carbons (Fsp3) is 0.350. The molecule has 0 saturated heterocycles. The van der Waals surface area contributed by atoms with Crippen molar-refractivity contribution in [3.63, 3.8) is 0 Å². The highest BCUT2D eigenvalue weighted by Crippen LogP contribution is 2.25. The van der Waals surface area contributed by atoms with Crippen molar-refractivity contribution in [3.05, 3.63) is 53.6 Å². The first-order valence-electron chi connectivity index (χ1n) is 8.51. The second-order valence-corrected chi connectivity index (χ2v) is 6.03. The second kappa shape index (κ2) is 9.75. The number of methoxy groups -OCH3 is 2. The maximum atomic E-state index is 13.5. The molecule has 2 rings (SSSR count). The number of ether oxygens (including phenoxy) is 3. The molecule has 1 atom stereocenters. The monoisotopic (exact) mass is 379 g/mol. The summed E-state index contributed by atoms with van der Waals surface area (Å²) in [5.41, 5.74) is 0.865. The van der Waals surface area contributed by atoms with Gasteiger partial charge in [0.2, 0.25) is 5.91 Å². The molecular formula is C20H23F2NO4. The number of benzene rings is 2. The van der Waals surface area contributed by atoms with Crippen LogP contribution in [0.3, 0.4) is 0 Å². The van der Waals surface area contributed by atoms with E-state index in [9.17, 15) is 13.6 Å². The molecular weight excluding hydrogens is 356 g/mol. The van der Waals surface area contributed by atoms with Gasteiger partial charge in [-0.2, -0.15) is 0 Å². The molecule has 0 heterocycles. The summed E-state index contributed by atoms with van der Waals surface area (Å²) in [5, 5.41) is 2.78. The van der Waals surface area contributed by atoms with Crippen molar-refractivity contribution < 1.29 is 27.8 Å². The van der Waals surface area contributed by atoms with Crippen LogP contribution in [0.1, 0.15) is 18.9 Å².